The second-order valence-electron chi connectivity index (χ2n) is 10.6. The molecule has 1 amide bonds. The maximum absolute atomic E-state index is 13.9. The number of hydrogen-bond acceptors (Lipinski definition) is 6. The molecule has 0 spiro atoms. The number of ether oxygens (including phenoxy) is 1. The minimum absolute atomic E-state index is 0.0267. The third-order valence-corrected chi connectivity index (χ3v) is 8.04. The summed E-state index contributed by atoms with van der Waals surface area (Å²) in [5.74, 6) is -2.29. The minimum Gasteiger partial charge on any atom is -0.478 e. The van der Waals surface area contributed by atoms with E-state index in [0.29, 0.717) is 44.5 Å². The molecule has 1 aromatic carbocycles. The highest BCUT2D eigenvalue weighted by molar-refractivity contribution is 5.89. The van der Waals surface area contributed by atoms with Gasteiger partial charge in [0.15, 0.2) is 0 Å². The first kappa shape index (κ1) is 27.4. The van der Waals surface area contributed by atoms with Crippen LogP contribution in [0.1, 0.15) is 54.5 Å². The Kier molecular flexibility index (Phi) is 7.31. The Morgan fingerprint density at radius 3 is 2.62 bits per heavy atom. The first-order valence-corrected chi connectivity index (χ1v) is 13.0. The van der Waals surface area contributed by atoms with Gasteiger partial charge in [-0.25, -0.2) is 14.2 Å². The van der Waals surface area contributed by atoms with Gasteiger partial charge in [-0.2, -0.15) is 13.2 Å². The number of halogens is 4. The fourth-order valence-corrected chi connectivity index (χ4v) is 5.77. The molecule has 3 aliphatic rings. The number of amides is 1. The lowest BCUT2D eigenvalue weighted by atomic mass is 9.85. The number of aromatic nitrogens is 2. The van der Waals surface area contributed by atoms with Gasteiger partial charge in [0.1, 0.15) is 22.9 Å². The van der Waals surface area contributed by atoms with Gasteiger partial charge in [-0.3, -0.25) is 9.69 Å². The van der Waals surface area contributed by atoms with Crippen molar-refractivity contribution in [1.29, 1.82) is 0 Å². The van der Waals surface area contributed by atoms with Gasteiger partial charge in [0.2, 0.25) is 0 Å². The van der Waals surface area contributed by atoms with E-state index >= 15 is 0 Å². The predicted octanol–water partition coefficient (Wildman–Crippen LogP) is 3.42. The zero-order valence-corrected chi connectivity index (χ0v) is 21.4. The number of nitrogens with zero attached hydrogens (tertiary/aromatic N) is 3. The molecule has 212 valence electrons. The van der Waals surface area contributed by atoms with E-state index in [1.54, 1.807) is 6.07 Å². The van der Waals surface area contributed by atoms with E-state index in [1.165, 1.54) is 12.1 Å². The Bertz CT molecular complexity index is 1220. The molecular weight excluding hydrogens is 522 g/mol. The number of anilines is 1. The van der Waals surface area contributed by atoms with Crippen LogP contribution < -0.4 is 10.2 Å². The van der Waals surface area contributed by atoms with E-state index in [9.17, 15) is 32.3 Å². The summed E-state index contributed by atoms with van der Waals surface area (Å²) in [6.45, 7) is 4.25. The first-order chi connectivity index (χ1) is 18.5. The minimum atomic E-state index is -4.53. The summed E-state index contributed by atoms with van der Waals surface area (Å²) in [7, 11) is 0. The summed E-state index contributed by atoms with van der Waals surface area (Å²) in [6.07, 6.45) is -0.855. The predicted molar refractivity (Wildman–Crippen MR) is 132 cm³/mol. The number of carboxylic acid groups (broad SMARTS) is 1. The monoisotopic (exact) mass is 553 g/mol. The largest absolute Gasteiger partial charge is 0.478 e. The van der Waals surface area contributed by atoms with Crippen molar-refractivity contribution < 1.29 is 37.0 Å². The number of piperazine rings is 1. The van der Waals surface area contributed by atoms with Crippen molar-refractivity contribution in [1.82, 2.24) is 20.2 Å². The summed E-state index contributed by atoms with van der Waals surface area (Å²) >= 11 is 0. The molecule has 2 aliphatic heterocycles. The SMILES string of the molecule is C[C@H]1CN([C@@H]2CC[C@@](C(=O)NCc3ncc(C(F)(F)F)[nH]3)(C3CC3)OC2)CCN1c1ccc(F)c(C(=O)O)c1. The maximum atomic E-state index is 13.9. The fourth-order valence-electron chi connectivity index (χ4n) is 5.77. The maximum Gasteiger partial charge on any atom is 0.432 e. The van der Waals surface area contributed by atoms with E-state index in [4.69, 9.17) is 4.74 Å². The van der Waals surface area contributed by atoms with E-state index in [2.05, 4.69) is 25.1 Å². The summed E-state index contributed by atoms with van der Waals surface area (Å²) in [5, 5.41) is 12.0. The Morgan fingerprint density at radius 2 is 2.03 bits per heavy atom. The molecular formula is C26H31F4N5O4. The molecule has 0 bridgehead atoms. The Balaban J connectivity index is 1.17. The number of hydrogen-bond donors (Lipinski definition) is 3. The molecule has 3 heterocycles. The highest BCUT2D eigenvalue weighted by Crippen LogP contribution is 2.47. The highest BCUT2D eigenvalue weighted by Gasteiger charge is 2.54. The molecule has 39 heavy (non-hydrogen) atoms. The molecule has 0 radical (unpaired) electrons. The van der Waals surface area contributed by atoms with Crippen LogP contribution in [0.4, 0.5) is 23.2 Å². The van der Waals surface area contributed by atoms with Gasteiger partial charge in [-0.1, -0.05) is 0 Å². The number of benzene rings is 1. The molecule has 1 aliphatic carbocycles. The third kappa shape index (κ3) is 5.60. The summed E-state index contributed by atoms with van der Waals surface area (Å²) in [5.41, 5.74) is -1.66. The number of H-pyrrole nitrogens is 1. The Morgan fingerprint density at radius 1 is 1.26 bits per heavy atom. The van der Waals surface area contributed by atoms with Gasteiger partial charge in [-0.05, 0) is 56.7 Å². The highest BCUT2D eigenvalue weighted by atomic mass is 19.4. The van der Waals surface area contributed by atoms with Crippen molar-refractivity contribution >= 4 is 17.6 Å². The molecule has 5 rings (SSSR count). The zero-order chi connectivity index (χ0) is 27.9. The Labute approximate surface area is 222 Å². The average Bonchev–Trinajstić information content (AvgIpc) is 3.64. The number of imidazole rings is 1. The van der Waals surface area contributed by atoms with Gasteiger partial charge in [-0.15, -0.1) is 0 Å². The number of carbonyl (C=O) groups is 2. The van der Waals surface area contributed by atoms with Crippen LogP contribution in [0.25, 0.3) is 0 Å². The van der Waals surface area contributed by atoms with Crippen LogP contribution in [0.5, 0.6) is 0 Å². The quantitative estimate of drug-likeness (QED) is 0.451. The molecule has 2 saturated heterocycles. The van der Waals surface area contributed by atoms with Crippen molar-refractivity contribution in [2.24, 2.45) is 5.92 Å². The lowest BCUT2D eigenvalue weighted by Gasteiger charge is -2.48. The summed E-state index contributed by atoms with van der Waals surface area (Å²) in [4.78, 5) is 34.9. The van der Waals surface area contributed by atoms with Gasteiger partial charge in [0, 0.05) is 37.4 Å². The molecule has 1 saturated carbocycles. The molecule has 2 aromatic rings. The number of rotatable bonds is 7. The molecule has 0 unspecified atom stereocenters. The number of aromatic amines is 1. The van der Waals surface area contributed by atoms with Crippen molar-refractivity contribution in [3.05, 3.63) is 47.3 Å². The van der Waals surface area contributed by atoms with E-state index in [1.807, 2.05) is 6.92 Å². The number of alkyl halides is 3. The molecule has 13 heteroatoms. The van der Waals surface area contributed by atoms with Crippen molar-refractivity contribution in [2.45, 2.75) is 63.0 Å². The van der Waals surface area contributed by atoms with Crippen LogP contribution in [-0.2, 0) is 22.3 Å². The lowest BCUT2D eigenvalue weighted by molar-refractivity contribution is -0.165. The number of carbonyl (C=O) groups excluding carboxylic acids is 1. The van der Waals surface area contributed by atoms with Gasteiger partial charge < -0.3 is 25.0 Å². The normalized spacial score (nSPS) is 26.4. The fraction of sp³-hybridized carbons (Fsp3) is 0.577. The van der Waals surface area contributed by atoms with Crippen LogP contribution in [0.3, 0.4) is 0 Å². The van der Waals surface area contributed by atoms with Crippen LogP contribution >= 0.6 is 0 Å². The lowest BCUT2D eigenvalue weighted by Crippen LogP contribution is -2.60. The molecule has 3 atom stereocenters. The van der Waals surface area contributed by atoms with Gasteiger partial charge >= 0.3 is 12.1 Å². The second-order valence-corrected chi connectivity index (χ2v) is 10.6. The summed E-state index contributed by atoms with van der Waals surface area (Å²) < 4.78 is 58.6. The van der Waals surface area contributed by atoms with E-state index in [0.717, 1.165) is 19.3 Å². The number of aromatic carboxylic acids is 1. The third-order valence-electron chi connectivity index (χ3n) is 8.04. The van der Waals surface area contributed by atoms with Crippen molar-refractivity contribution in [3.8, 4) is 0 Å². The Hall–Kier alpha value is -3.19. The molecule has 9 nitrogen and oxygen atoms in total. The van der Waals surface area contributed by atoms with Crippen molar-refractivity contribution in [3.63, 3.8) is 0 Å². The van der Waals surface area contributed by atoms with Gasteiger partial charge in [0.25, 0.3) is 5.91 Å². The second kappa shape index (κ2) is 10.4. The molecule has 3 N–H and O–H groups in total. The smallest absolute Gasteiger partial charge is 0.432 e. The average molecular weight is 554 g/mol. The van der Waals surface area contributed by atoms with Crippen LogP contribution in [-0.4, -0.2) is 75.8 Å². The number of nitrogens with one attached hydrogen (secondary N) is 2. The molecule has 3 fully saturated rings. The van der Waals surface area contributed by atoms with Crippen molar-refractivity contribution in [2.75, 3.05) is 31.1 Å². The number of carboxylic acids is 1. The van der Waals surface area contributed by atoms with E-state index in [-0.39, 0.29) is 41.8 Å². The summed E-state index contributed by atoms with van der Waals surface area (Å²) in [6, 6.07) is 4.27. The first-order valence-electron chi connectivity index (χ1n) is 13.0. The molecule has 1 aromatic heterocycles. The van der Waals surface area contributed by atoms with E-state index < -0.39 is 29.3 Å². The topological polar surface area (TPSA) is 111 Å². The van der Waals surface area contributed by atoms with Crippen LogP contribution in [0.15, 0.2) is 24.4 Å². The van der Waals surface area contributed by atoms with Gasteiger partial charge in [0.05, 0.1) is 24.9 Å². The van der Waals surface area contributed by atoms with Crippen LogP contribution in [0.2, 0.25) is 0 Å². The zero-order valence-electron chi connectivity index (χ0n) is 21.4. The van der Waals surface area contributed by atoms with Crippen LogP contribution in [0, 0.1) is 11.7 Å². The standard InChI is InChI=1S/C26H31F4N5O4/c1-15-13-34(8-9-35(15)17-4-5-20(27)19(10-17)23(36)37)18-6-7-25(39-14-18,16-2-3-16)24(38)32-12-22-31-11-21(33-22)26(28,29)30/h4-5,10-11,15-16,18H,2-3,6-9,12-14H2,1H3,(H,31,33)(H,32,38)(H,36,37)/t15-,18+,25-/m0/s1.